The SMILES string of the molecule is CC(C)n1nccc1C(=O)NC(C(=O)Nc1cnn(Cc2ccc[nH]c2=O)c1F)C(C1CC1)C1CC1. The molecule has 1 unspecified atom stereocenters. The fraction of sp³-hybridized carbons (Fsp3) is 0.480. The molecule has 2 amide bonds. The Morgan fingerprint density at radius 2 is 1.89 bits per heavy atom. The molecule has 2 fully saturated rings. The van der Waals surface area contributed by atoms with E-state index < -0.39 is 17.9 Å². The average molecular weight is 496 g/mol. The molecule has 2 aliphatic rings. The third kappa shape index (κ3) is 4.95. The molecule has 11 heteroatoms. The van der Waals surface area contributed by atoms with Crippen LogP contribution < -0.4 is 16.2 Å². The van der Waals surface area contributed by atoms with Crippen molar-refractivity contribution in [1.82, 2.24) is 29.9 Å². The lowest BCUT2D eigenvalue weighted by Crippen LogP contribution is -2.50. The highest BCUT2D eigenvalue weighted by Crippen LogP contribution is 2.51. The van der Waals surface area contributed by atoms with Crippen molar-refractivity contribution in [3.63, 3.8) is 0 Å². The lowest BCUT2D eigenvalue weighted by molar-refractivity contribution is -0.119. The Balaban J connectivity index is 1.37. The lowest BCUT2D eigenvalue weighted by Gasteiger charge is -2.27. The number of nitrogens with one attached hydrogen (secondary N) is 3. The summed E-state index contributed by atoms with van der Waals surface area (Å²) in [5.74, 6) is -0.901. The normalized spacial score (nSPS) is 16.4. The molecule has 2 aliphatic carbocycles. The summed E-state index contributed by atoms with van der Waals surface area (Å²) in [5, 5.41) is 13.8. The fourth-order valence-corrected chi connectivity index (χ4v) is 4.87. The van der Waals surface area contributed by atoms with Gasteiger partial charge < -0.3 is 15.6 Å². The predicted octanol–water partition coefficient (Wildman–Crippen LogP) is 2.71. The summed E-state index contributed by atoms with van der Waals surface area (Å²) in [6, 6.07) is 4.03. The van der Waals surface area contributed by atoms with E-state index in [1.807, 2.05) is 13.8 Å². The maximum atomic E-state index is 15.1. The molecular formula is C25H30FN7O3. The van der Waals surface area contributed by atoms with Gasteiger partial charge in [-0.25, -0.2) is 4.68 Å². The summed E-state index contributed by atoms with van der Waals surface area (Å²) in [6.07, 6.45) is 8.34. The van der Waals surface area contributed by atoms with E-state index >= 15 is 4.39 Å². The Labute approximate surface area is 207 Å². The molecule has 2 saturated carbocycles. The first-order chi connectivity index (χ1) is 17.3. The van der Waals surface area contributed by atoms with E-state index in [2.05, 4.69) is 25.8 Å². The van der Waals surface area contributed by atoms with Gasteiger partial charge in [-0.2, -0.15) is 14.6 Å². The Morgan fingerprint density at radius 1 is 1.17 bits per heavy atom. The smallest absolute Gasteiger partial charge is 0.270 e. The van der Waals surface area contributed by atoms with Crippen LogP contribution in [0.5, 0.6) is 0 Å². The van der Waals surface area contributed by atoms with Crippen LogP contribution in [-0.4, -0.2) is 42.4 Å². The van der Waals surface area contributed by atoms with Gasteiger partial charge in [-0.05, 0) is 69.4 Å². The number of hydrogen-bond acceptors (Lipinski definition) is 5. The molecule has 3 aromatic rings. The largest absolute Gasteiger partial charge is 0.339 e. The van der Waals surface area contributed by atoms with Gasteiger partial charge in [-0.1, -0.05) is 6.07 Å². The van der Waals surface area contributed by atoms with Crippen molar-refractivity contribution in [2.75, 3.05) is 5.32 Å². The van der Waals surface area contributed by atoms with E-state index in [9.17, 15) is 14.4 Å². The summed E-state index contributed by atoms with van der Waals surface area (Å²) in [4.78, 5) is 41.2. The molecule has 0 bridgehead atoms. The number of carbonyl (C=O) groups is 2. The minimum atomic E-state index is -0.812. The second kappa shape index (κ2) is 9.71. The number of carbonyl (C=O) groups excluding carboxylic acids is 2. The van der Waals surface area contributed by atoms with Crippen molar-refractivity contribution < 1.29 is 14.0 Å². The first-order valence-electron chi connectivity index (χ1n) is 12.4. The zero-order valence-electron chi connectivity index (χ0n) is 20.3. The number of H-pyrrole nitrogens is 1. The number of aromatic nitrogens is 5. The van der Waals surface area contributed by atoms with Crippen LogP contribution in [-0.2, 0) is 11.3 Å². The van der Waals surface area contributed by atoms with Crippen molar-refractivity contribution in [2.24, 2.45) is 17.8 Å². The standard InChI is InChI=1S/C25H30FN7O3/c1-14(2)33-19(9-11-28-33)24(35)31-21(20(15-5-6-15)16-7-8-16)25(36)30-18-12-29-32(22(18)26)13-17-4-3-10-27-23(17)34/h3-4,9-12,14-16,20-21H,5-8,13H2,1-2H3,(H,27,34)(H,30,36)(H,31,35). The van der Waals surface area contributed by atoms with Crippen molar-refractivity contribution in [2.45, 2.75) is 58.2 Å². The Hall–Kier alpha value is -3.76. The molecule has 3 heterocycles. The topological polar surface area (TPSA) is 127 Å². The Morgan fingerprint density at radius 3 is 2.53 bits per heavy atom. The average Bonchev–Trinajstić information content (AvgIpc) is 3.78. The summed E-state index contributed by atoms with van der Waals surface area (Å²) >= 11 is 0. The van der Waals surface area contributed by atoms with Crippen LogP contribution in [0.3, 0.4) is 0 Å². The molecule has 190 valence electrons. The number of anilines is 1. The maximum absolute atomic E-state index is 15.1. The molecule has 36 heavy (non-hydrogen) atoms. The lowest BCUT2D eigenvalue weighted by atomic mass is 9.88. The number of aromatic amines is 1. The fourth-order valence-electron chi connectivity index (χ4n) is 4.87. The molecule has 3 aromatic heterocycles. The summed E-state index contributed by atoms with van der Waals surface area (Å²) in [5.41, 5.74) is 0.286. The number of nitrogens with zero attached hydrogens (tertiary/aromatic N) is 4. The number of amides is 2. The third-order valence-electron chi connectivity index (χ3n) is 6.93. The van der Waals surface area contributed by atoms with Gasteiger partial charge in [0.25, 0.3) is 11.5 Å². The predicted molar refractivity (Wildman–Crippen MR) is 130 cm³/mol. The second-order valence-corrected chi connectivity index (χ2v) is 9.98. The quantitative estimate of drug-likeness (QED) is 0.399. The number of pyridine rings is 1. The molecular weight excluding hydrogens is 465 g/mol. The van der Waals surface area contributed by atoms with Crippen LogP contribution in [0.1, 0.15) is 61.6 Å². The first kappa shape index (κ1) is 24.0. The minimum Gasteiger partial charge on any atom is -0.339 e. The highest BCUT2D eigenvalue weighted by molar-refractivity contribution is 6.00. The van der Waals surface area contributed by atoms with E-state index in [-0.39, 0.29) is 35.7 Å². The van der Waals surface area contributed by atoms with Gasteiger partial charge >= 0.3 is 0 Å². The zero-order chi connectivity index (χ0) is 25.4. The Bertz CT molecular complexity index is 1310. The molecule has 0 radical (unpaired) electrons. The summed E-state index contributed by atoms with van der Waals surface area (Å²) < 4.78 is 17.8. The molecule has 10 nitrogen and oxygen atoms in total. The number of rotatable bonds is 10. The van der Waals surface area contributed by atoms with Crippen LogP contribution >= 0.6 is 0 Å². The van der Waals surface area contributed by atoms with E-state index in [1.54, 1.807) is 29.1 Å². The first-order valence-corrected chi connectivity index (χ1v) is 12.4. The van der Waals surface area contributed by atoms with Gasteiger partial charge in [0, 0.05) is 24.0 Å². The van der Waals surface area contributed by atoms with Crippen LogP contribution in [0.25, 0.3) is 0 Å². The van der Waals surface area contributed by atoms with Crippen LogP contribution in [0, 0.1) is 23.7 Å². The van der Waals surface area contributed by atoms with Crippen molar-refractivity contribution in [1.29, 1.82) is 0 Å². The zero-order valence-corrected chi connectivity index (χ0v) is 20.3. The maximum Gasteiger partial charge on any atom is 0.270 e. The van der Waals surface area contributed by atoms with Gasteiger partial charge in [0.2, 0.25) is 11.9 Å². The third-order valence-corrected chi connectivity index (χ3v) is 6.93. The van der Waals surface area contributed by atoms with E-state index in [1.165, 1.54) is 12.4 Å². The van der Waals surface area contributed by atoms with E-state index in [4.69, 9.17) is 0 Å². The van der Waals surface area contributed by atoms with Gasteiger partial charge in [-0.3, -0.25) is 19.1 Å². The molecule has 0 aromatic carbocycles. The molecule has 0 saturated heterocycles. The molecule has 3 N–H and O–H groups in total. The molecule has 1 atom stereocenters. The van der Waals surface area contributed by atoms with Gasteiger partial charge in [0.15, 0.2) is 0 Å². The van der Waals surface area contributed by atoms with E-state index in [0.717, 1.165) is 30.4 Å². The summed E-state index contributed by atoms with van der Waals surface area (Å²) in [7, 11) is 0. The van der Waals surface area contributed by atoms with Crippen molar-refractivity contribution >= 4 is 17.5 Å². The highest BCUT2D eigenvalue weighted by Gasteiger charge is 2.48. The van der Waals surface area contributed by atoms with Crippen LogP contribution in [0.2, 0.25) is 0 Å². The number of halogens is 1. The molecule has 5 rings (SSSR count). The second-order valence-electron chi connectivity index (χ2n) is 9.98. The molecule has 0 aliphatic heterocycles. The molecule has 0 spiro atoms. The van der Waals surface area contributed by atoms with Gasteiger partial charge in [-0.15, -0.1) is 0 Å². The number of hydrogen-bond donors (Lipinski definition) is 3. The van der Waals surface area contributed by atoms with Crippen molar-refractivity contribution in [3.05, 3.63) is 64.3 Å². The van der Waals surface area contributed by atoms with Crippen LogP contribution in [0.4, 0.5) is 10.1 Å². The van der Waals surface area contributed by atoms with Crippen LogP contribution in [0.15, 0.2) is 41.6 Å². The minimum absolute atomic E-state index is 0.00893. The van der Waals surface area contributed by atoms with E-state index in [0.29, 0.717) is 23.1 Å². The van der Waals surface area contributed by atoms with Gasteiger partial charge in [0.05, 0.1) is 12.7 Å². The van der Waals surface area contributed by atoms with Crippen molar-refractivity contribution in [3.8, 4) is 0 Å². The van der Waals surface area contributed by atoms with Gasteiger partial charge in [0.1, 0.15) is 17.4 Å². The highest BCUT2D eigenvalue weighted by atomic mass is 19.1. The Kier molecular flexibility index (Phi) is 6.46. The monoisotopic (exact) mass is 495 g/mol. The summed E-state index contributed by atoms with van der Waals surface area (Å²) in [6.45, 7) is 3.77.